The Kier molecular flexibility index (Phi) is 2.85. The summed E-state index contributed by atoms with van der Waals surface area (Å²) < 4.78 is 6.98. The van der Waals surface area contributed by atoms with E-state index in [1.807, 2.05) is 40.1 Å². The van der Waals surface area contributed by atoms with Crippen LogP contribution >= 0.6 is 0 Å². The number of hydrogen-bond donors (Lipinski definition) is 1. The molecule has 1 aliphatic rings. The average molecular weight is 237 g/mol. The number of carbonyl (C=O) groups is 1. The second-order valence-corrected chi connectivity index (χ2v) is 5.51. The predicted molar refractivity (Wildman–Crippen MR) is 63.7 cm³/mol. The third kappa shape index (κ3) is 3.22. The fourth-order valence-electron chi connectivity index (χ4n) is 1.77. The molecule has 2 rings (SSSR count). The van der Waals surface area contributed by atoms with Gasteiger partial charge in [0, 0.05) is 25.2 Å². The van der Waals surface area contributed by atoms with Crippen molar-refractivity contribution in [2.45, 2.75) is 44.8 Å². The van der Waals surface area contributed by atoms with Gasteiger partial charge in [-0.25, -0.2) is 4.79 Å². The van der Waals surface area contributed by atoms with Gasteiger partial charge in [0.25, 0.3) is 0 Å². The first kappa shape index (κ1) is 12.0. The molecule has 2 atom stereocenters. The molecule has 94 valence electrons. The van der Waals surface area contributed by atoms with Crippen molar-refractivity contribution in [2.24, 2.45) is 7.05 Å². The molecule has 0 spiro atoms. The summed E-state index contributed by atoms with van der Waals surface area (Å²) in [4.78, 5) is 11.5. The number of nitrogens with one attached hydrogen (secondary N) is 1. The fourth-order valence-corrected chi connectivity index (χ4v) is 1.77. The van der Waals surface area contributed by atoms with E-state index in [2.05, 4.69) is 10.4 Å². The van der Waals surface area contributed by atoms with Gasteiger partial charge < -0.3 is 10.1 Å². The van der Waals surface area contributed by atoms with E-state index in [4.69, 9.17) is 4.74 Å². The number of alkyl carbamates (subject to hydrolysis) is 1. The Balaban J connectivity index is 1.82. The summed E-state index contributed by atoms with van der Waals surface area (Å²) in [5.41, 5.74) is 0.591. The van der Waals surface area contributed by atoms with Crippen molar-refractivity contribution in [3.8, 4) is 0 Å². The maximum atomic E-state index is 11.5. The molecule has 1 amide bonds. The van der Waals surface area contributed by atoms with Crippen molar-refractivity contribution in [2.75, 3.05) is 0 Å². The minimum Gasteiger partial charge on any atom is -0.444 e. The van der Waals surface area contributed by atoms with E-state index in [0.29, 0.717) is 5.92 Å². The highest BCUT2D eigenvalue weighted by Gasteiger charge is 2.41. The highest BCUT2D eigenvalue weighted by atomic mass is 16.6. The molecule has 1 heterocycles. The van der Waals surface area contributed by atoms with Crippen LogP contribution in [0.1, 0.15) is 38.8 Å². The smallest absolute Gasteiger partial charge is 0.407 e. The Morgan fingerprint density at radius 3 is 2.82 bits per heavy atom. The molecule has 1 N–H and O–H groups in total. The number of nitrogens with zero attached hydrogens (tertiary/aromatic N) is 2. The lowest BCUT2D eigenvalue weighted by Gasteiger charge is -2.19. The van der Waals surface area contributed by atoms with Crippen LogP contribution in [0.25, 0.3) is 0 Å². The van der Waals surface area contributed by atoms with Crippen LogP contribution in [0.2, 0.25) is 0 Å². The molecule has 0 aromatic carbocycles. The zero-order valence-electron chi connectivity index (χ0n) is 10.7. The first-order valence-electron chi connectivity index (χ1n) is 5.84. The molecular weight excluding hydrogens is 218 g/mol. The van der Waals surface area contributed by atoms with Crippen LogP contribution in [0.5, 0.6) is 0 Å². The molecular formula is C12H19N3O2. The van der Waals surface area contributed by atoms with Crippen LogP contribution in [0.15, 0.2) is 12.3 Å². The number of aryl methyl sites for hydroxylation is 1. The van der Waals surface area contributed by atoms with Crippen molar-refractivity contribution in [3.63, 3.8) is 0 Å². The monoisotopic (exact) mass is 237 g/mol. The first-order chi connectivity index (χ1) is 7.85. The van der Waals surface area contributed by atoms with Gasteiger partial charge in [-0.2, -0.15) is 5.10 Å². The number of ether oxygens (including phenoxy) is 1. The molecule has 1 aromatic rings. The van der Waals surface area contributed by atoms with Crippen LogP contribution < -0.4 is 5.32 Å². The van der Waals surface area contributed by atoms with Gasteiger partial charge >= 0.3 is 6.09 Å². The summed E-state index contributed by atoms with van der Waals surface area (Å²) in [5, 5.41) is 7.19. The number of carbonyl (C=O) groups excluding carboxylic acids is 1. The summed E-state index contributed by atoms with van der Waals surface area (Å²) in [5.74, 6) is 0.337. The summed E-state index contributed by atoms with van der Waals surface area (Å²) in [7, 11) is 1.89. The quantitative estimate of drug-likeness (QED) is 0.853. The van der Waals surface area contributed by atoms with Crippen LogP contribution in [0, 0.1) is 0 Å². The third-order valence-corrected chi connectivity index (χ3v) is 2.61. The van der Waals surface area contributed by atoms with E-state index in [1.54, 1.807) is 4.68 Å². The molecule has 0 unspecified atom stereocenters. The first-order valence-corrected chi connectivity index (χ1v) is 5.84. The number of rotatable bonds is 2. The van der Waals surface area contributed by atoms with Crippen LogP contribution in [-0.4, -0.2) is 27.5 Å². The maximum Gasteiger partial charge on any atom is 0.407 e. The van der Waals surface area contributed by atoms with Gasteiger partial charge in [0.15, 0.2) is 0 Å². The normalized spacial score (nSPS) is 23.3. The van der Waals surface area contributed by atoms with E-state index >= 15 is 0 Å². The van der Waals surface area contributed by atoms with E-state index in [9.17, 15) is 4.79 Å². The molecule has 0 aliphatic heterocycles. The molecule has 1 aromatic heterocycles. The van der Waals surface area contributed by atoms with Gasteiger partial charge in [-0.3, -0.25) is 4.68 Å². The third-order valence-electron chi connectivity index (χ3n) is 2.61. The Morgan fingerprint density at radius 1 is 1.59 bits per heavy atom. The Morgan fingerprint density at radius 2 is 2.29 bits per heavy atom. The van der Waals surface area contributed by atoms with E-state index in [1.165, 1.54) is 0 Å². The topological polar surface area (TPSA) is 56.2 Å². The molecule has 1 fully saturated rings. The van der Waals surface area contributed by atoms with Crippen molar-refractivity contribution >= 4 is 6.09 Å². The van der Waals surface area contributed by atoms with E-state index in [0.717, 1.165) is 12.1 Å². The fraction of sp³-hybridized carbons (Fsp3) is 0.667. The highest BCUT2D eigenvalue weighted by molar-refractivity contribution is 5.69. The molecule has 1 saturated carbocycles. The lowest BCUT2D eigenvalue weighted by molar-refractivity contribution is 0.0523. The molecule has 0 saturated heterocycles. The van der Waals surface area contributed by atoms with Crippen molar-refractivity contribution in [1.29, 1.82) is 0 Å². The molecule has 17 heavy (non-hydrogen) atoms. The Bertz CT molecular complexity index is 420. The van der Waals surface area contributed by atoms with Gasteiger partial charge in [-0.05, 0) is 33.3 Å². The van der Waals surface area contributed by atoms with Gasteiger partial charge in [0.05, 0.1) is 5.69 Å². The van der Waals surface area contributed by atoms with Gasteiger partial charge in [0.1, 0.15) is 5.60 Å². The Hall–Kier alpha value is -1.52. The van der Waals surface area contributed by atoms with Gasteiger partial charge in [0.2, 0.25) is 0 Å². The molecule has 1 aliphatic carbocycles. The van der Waals surface area contributed by atoms with Crippen molar-refractivity contribution in [1.82, 2.24) is 15.1 Å². The van der Waals surface area contributed by atoms with Crippen LogP contribution in [0.4, 0.5) is 4.79 Å². The number of hydrogen-bond acceptors (Lipinski definition) is 3. The number of amides is 1. The average Bonchev–Trinajstić information content (AvgIpc) is 2.75. The van der Waals surface area contributed by atoms with E-state index < -0.39 is 5.60 Å². The predicted octanol–water partition coefficient (Wildman–Crippen LogP) is 1.80. The second-order valence-electron chi connectivity index (χ2n) is 5.51. The summed E-state index contributed by atoms with van der Waals surface area (Å²) in [6, 6.07) is 2.15. The molecule has 0 bridgehead atoms. The molecule has 5 heteroatoms. The minimum atomic E-state index is -0.445. The summed E-state index contributed by atoms with van der Waals surface area (Å²) >= 11 is 0. The lowest BCUT2D eigenvalue weighted by atomic mass is 10.2. The summed E-state index contributed by atoms with van der Waals surface area (Å²) in [6.07, 6.45) is 2.51. The van der Waals surface area contributed by atoms with Crippen LogP contribution in [0.3, 0.4) is 0 Å². The Labute approximate surface area is 101 Å². The highest BCUT2D eigenvalue weighted by Crippen LogP contribution is 2.39. The largest absolute Gasteiger partial charge is 0.444 e. The standard InChI is InChI=1S/C12H19N3O2/c1-12(2,3)17-11(16)13-10-7-8(10)9-5-6-15(4)14-9/h5-6,8,10H,7H2,1-4H3,(H,13,16)/t8-,10+/m0/s1. The number of aromatic nitrogens is 2. The van der Waals surface area contributed by atoms with Gasteiger partial charge in [-0.15, -0.1) is 0 Å². The minimum absolute atomic E-state index is 0.166. The van der Waals surface area contributed by atoms with Crippen molar-refractivity contribution < 1.29 is 9.53 Å². The zero-order chi connectivity index (χ0) is 12.6. The van der Waals surface area contributed by atoms with Gasteiger partial charge in [-0.1, -0.05) is 0 Å². The van der Waals surface area contributed by atoms with Crippen LogP contribution in [-0.2, 0) is 11.8 Å². The maximum absolute atomic E-state index is 11.5. The molecule has 0 radical (unpaired) electrons. The van der Waals surface area contributed by atoms with Crippen molar-refractivity contribution in [3.05, 3.63) is 18.0 Å². The lowest BCUT2D eigenvalue weighted by Crippen LogP contribution is -2.34. The SMILES string of the molecule is Cn1ccc([C@@H]2C[C@H]2NC(=O)OC(C)(C)C)n1. The second kappa shape index (κ2) is 4.05. The molecule has 5 nitrogen and oxygen atoms in total. The summed E-state index contributed by atoms with van der Waals surface area (Å²) in [6.45, 7) is 5.57. The zero-order valence-corrected chi connectivity index (χ0v) is 10.7. The van der Waals surface area contributed by atoms with E-state index in [-0.39, 0.29) is 12.1 Å².